The molecule has 0 spiro atoms. The summed E-state index contributed by atoms with van der Waals surface area (Å²) in [6.07, 6.45) is 4.99. The van der Waals surface area contributed by atoms with Crippen LogP contribution in [0.15, 0.2) is 30.3 Å². The molecule has 1 aliphatic rings. The summed E-state index contributed by atoms with van der Waals surface area (Å²) in [7, 11) is 0. The predicted octanol–water partition coefficient (Wildman–Crippen LogP) is 2.66. The van der Waals surface area contributed by atoms with Gasteiger partial charge < -0.3 is 9.90 Å². The Balaban J connectivity index is 2.26. The molecule has 0 saturated heterocycles. The minimum atomic E-state index is -0.818. The average Bonchev–Trinajstić information content (AvgIpc) is 2.31. The van der Waals surface area contributed by atoms with Crippen LogP contribution in [0.4, 0.5) is 0 Å². The fourth-order valence-corrected chi connectivity index (χ4v) is 2.77. The Hall–Kier alpha value is -1.15. The van der Waals surface area contributed by atoms with Crippen LogP contribution in [0, 0.1) is 0 Å². The lowest BCUT2D eigenvalue weighted by molar-refractivity contribution is -0.114. The van der Waals surface area contributed by atoms with Gasteiger partial charge in [0.25, 0.3) is 0 Å². The van der Waals surface area contributed by atoms with Gasteiger partial charge >= 0.3 is 0 Å². The highest BCUT2D eigenvalue weighted by Gasteiger charge is 2.39. The number of aldehydes is 1. The third-order valence-corrected chi connectivity index (χ3v) is 3.64. The van der Waals surface area contributed by atoms with Crippen LogP contribution in [-0.2, 0) is 4.79 Å². The molecule has 2 unspecified atom stereocenters. The lowest BCUT2D eigenvalue weighted by Gasteiger charge is -2.39. The van der Waals surface area contributed by atoms with Crippen molar-refractivity contribution < 1.29 is 9.90 Å². The number of carbonyl (C=O) groups is 1. The topological polar surface area (TPSA) is 37.3 Å². The van der Waals surface area contributed by atoms with Gasteiger partial charge in [-0.3, -0.25) is 0 Å². The fourth-order valence-electron chi connectivity index (χ4n) is 2.77. The zero-order valence-electron chi connectivity index (χ0n) is 9.43. The molecule has 1 fully saturated rings. The van der Waals surface area contributed by atoms with Gasteiger partial charge in [-0.1, -0.05) is 43.2 Å². The van der Waals surface area contributed by atoms with Gasteiger partial charge in [0.2, 0.25) is 0 Å². The van der Waals surface area contributed by atoms with E-state index in [1.54, 1.807) is 0 Å². The quantitative estimate of drug-likeness (QED) is 0.792. The largest absolute Gasteiger partial charge is 0.389 e. The van der Waals surface area contributed by atoms with E-state index in [0.717, 1.165) is 37.5 Å². The lowest BCUT2D eigenvalue weighted by Crippen LogP contribution is -2.39. The molecule has 2 heteroatoms. The number of hydrogen-bond acceptors (Lipinski definition) is 2. The van der Waals surface area contributed by atoms with Gasteiger partial charge in [0.1, 0.15) is 6.29 Å². The highest BCUT2D eigenvalue weighted by Crippen LogP contribution is 2.42. The summed E-state index contributed by atoms with van der Waals surface area (Å²) < 4.78 is 0. The number of carbonyl (C=O) groups excluding carboxylic acids is 1. The van der Waals surface area contributed by atoms with E-state index in [-0.39, 0.29) is 12.3 Å². The van der Waals surface area contributed by atoms with Crippen molar-refractivity contribution in [2.45, 2.75) is 43.6 Å². The summed E-state index contributed by atoms with van der Waals surface area (Å²) in [5, 5.41) is 10.6. The van der Waals surface area contributed by atoms with E-state index in [2.05, 4.69) is 0 Å². The Morgan fingerprint density at radius 2 is 2.06 bits per heavy atom. The summed E-state index contributed by atoms with van der Waals surface area (Å²) in [5.41, 5.74) is 0.341. The second-order valence-corrected chi connectivity index (χ2v) is 4.68. The van der Waals surface area contributed by atoms with Crippen LogP contribution in [0.1, 0.15) is 43.6 Å². The molecule has 0 radical (unpaired) electrons. The molecule has 0 amide bonds. The van der Waals surface area contributed by atoms with Crippen LogP contribution in [0.3, 0.4) is 0 Å². The maximum absolute atomic E-state index is 10.7. The second kappa shape index (κ2) is 4.79. The maximum Gasteiger partial charge on any atom is 0.122 e. The van der Waals surface area contributed by atoms with Gasteiger partial charge in [-0.25, -0.2) is 0 Å². The Morgan fingerprint density at radius 3 is 2.75 bits per heavy atom. The van der Waals surface area contributed by atoms with E-state index in [4.69, 9.17) is 0 Å². The van der Waals surface area contributed by atoms with Gasteiger partial charge in [0.15, 0.2) is 0 Å². The molecule has 0 aromatic heterocycles. The summed E-state index contributed by atoms with van der Waals surface area (Å²) in [6.45, 7) is 0. The van der Waals surface area contributed by atoms with E-state index in [1.807, 2.05) is 30.3 Å². The van der Waals surface area contributed by atoms with Gasteiger partial charge in [-0.15, -0.1) is 0 Å². The Kier molecular flexibility index (Phi) is 3.39. The van der Waals surface area contributed by atoms with Crippen molar-refractivity contribution in [3.05, 3.63) is 35.9 Å². The van der Waals surface area contributed by atoms with Crippen LogP contribution in [-0.4, -0.2) is 17.0 Å². The Morgan fingerprint density at radius 1 is 1.31 bits per heavy atom. The number of rotatable bonds is 3. The number of aliphatic hydroxyl groups is 1. The molecule has 0 bridgehead atoms. The van der Waals surface area contributed by atoms with Crippen molar-refractivity contribution in [3.8, 4) is 0 Å². The third kappa shape index (κ3) is 2.17. The van der Waals surface area contributed by atoms with Crippen molar-refractivity contribution >= 4 is 6.29 Å². The summed E-state index contributed by atoms with van der Waals surface area (Å²) in [6, 6.07) is 10.1. The summed E-state index contributed by atoms with van der Waals surface area (Å²) in [4.78, 5) is 10.7. The maximum atomic E-state index is 10.7. The highest BCUT2D eigenvalue weighted by atomic mass is 16.3. The van der Waals surface area contributed by atoms with E-state index in [9.17, 15) is 9.90 Å². The van der Waals surface area contributed by atoms with Crippen molar-refractivity contribution in [1.82, 2.24) is 0 Å². The molecule has 0 aliphatic heterocycles. The van der Waals surface area contributed by atoms with Gasteiger partial charge in [0.05, 0.1) is 5.60 Å². The normalized spacial score (nSPS) is 29.9. The van der Waals surface area contributed by atoms with Crippen LogP contribution >= 0.6 is 0 Å². The van der Waals surface area contributed by atoms with E-state index in [1.165, 1.54) is 0 Å². The molecular formula is C14H18O2. The molecule has 1 aromatic rings. The van der Waals surface area contributed by atoms with E-state index < -0.39 is 5.60 Å². The molecule has 1 saturated carbocycles. The monoisotopic (exact) mass is 218 g/mol. The summed E-state index contributed by atoms with van der Waals surface area (Å²) in [5.74, 6) is 0.118. The first-order chi connectivity index (χ1) is 7.76. The van der Waals surface area contributed by atoms with E-state index in [0.29, 0.717) is 0 Å². The highest BCUT2D eigenvalue weighted by molar-refractivity contribution is 5.52. The molecule has 2 atom stereocenters. The predicted molar refractivity (Wildman–Crippen MR) is 63.3 cm³/mol. The Labute approximate surface area is 96.3 Å². The van der Waals surface area contributed by atoms with Gasteiger partial charge in [0, 0.05) is 12.3 Å². The van der Waals surface area contributed by atoms with Crippen LogP contribution in [0.2, 0.25) is 0 Å². The first-order valence-corrected chi connectivity index (χ1v) is 5.97. The van der Waals surface area contributed by atoms with Crippen LogP contribution < -0.4 is 0 Å². The molecule has 2 rings (SSSR count). The average molecular weight is 218 g/mol. The molecule has 1 N–H and O–H groups in total. The van der Waals surface area contributed by atoms with Crippen LogP contribution in [0.5, 0.6) is 0 Å². The second-order valence-electron chi connectivity index (χ2n) is 4.68. The molecule has 16 heavy (non-hydrogen) atoms. The number of benzene rings is 1. The van der Waals surface area contributed by atoms with E-state index >= 15 is 0 Å². The molecule has 86 valence electrons. The third-order valence-electron chi connectivity index (χ3n) is 3.64. The molecule has 2 nitrogen and oxygen atoms in total. The van der Waals surface area contributed by atoms with Crippen molar-refractivity contribution in [1.29, 1.82) is 0 Å². The van der Waals surface area contributed by atoms with Crippen molar-refractivity contribution in [2.24, 2.45) is 0 Å². The van der Waals surface area contributed by atoms with Crippen molar-refractivity contribution in [3.63, 3.8) is 0 Å². The minimum Gasteiger partial charge on any atom is -0.389 e. The zero-order chi connectivity index (χ0) is 11.4. The smallest absolute Gasteiger partial charge is 0.122 e. The summed E-state index contributed by atoms with van der Waals surface area (Å²) >= 11 is 0. The first-order valence-electron chi connectivity index (χ1n) is 5.97. The van der Waals surface area contributed by atoms with Crippen LogP contribution in [0.25, 0.3) is 0 Å². The Bertz CT molecular complexity index is 347. The SMILES string of the molecule is O=CCC1(O)CCCCC1c1ccccc1. The number of hydrogen-bond donors (Lipinski definition) is 1. The molecule has 0 heterocycles. The molecule has 1 aromatic carbocycles. The molecule has 1 aliphatic carbocycles. The fraction of sp³-hybridized carbons (Fsp3) is 0.500. The molecular weight excluding hydrogens is 200 g/mol. The zero-order valence-corrected chi connectivity index (χ0v) is 9.43. The minimum absolute atomic E-state index is 0.118. The van der Waals surface area contributed by atoms with Gasteiger partial charge in [-0.05, 0) is 18.4 Å². The van der Waals surface area contributed by atoms with Crippen molar-refractivity contribution in [2.75, 3.05) is 0 Å². The van der Waals surface area contributed by atoms with Gasteiger partial charge in [-0.2, -0.15) is 0 Å². The lowest BCUT2D eigenvalue weighted by atomic mass is 9.71. The first kappa shape index (κ1) is 11.3. The standard InChI is InChI=1S/C14H18O2/c15-11-10-14(16)9-5-4-8-13(14)12-6-2-1-3-7-12/h1-3,6-7,11,13,16H,4-5,8-10H2.